The van der Waals surface area contributed by atoms with E-state index in [2.05, 4.69) is 54.1 Å². The Labute approximate surface area is 195 Å². The Kier molecular flexibility index (Phi) is 6.74. The van der Waals surface area contributed by atoms with E-state index in [4.69, 9.17) is 22.2 Å². The van der Waals surface area contributed by atoms with Crippen LogP contribution in [0.1, 0.15) is 36.8 Å². The molecule has 6 nitrogen and oxygen atoms in total. The summed E-state index contributed by atoms with van der Waals surface area (Å²) in [7, 11) is 4.04. The Hall–Kier alpha value is -2.93. The number of anilines is 3. The zero-order chi connectivity index (χ0) is 22.7. The van der Waals surface area contributed by atoms with Crippen LogP contribution >= 0.6 is 12.2 Å². The lowest BCUT2D eigenvalue weighted by molar-refractivity contribution is 0.387. The molecule has 0 amide bonds. The molecular weight excluding hydrogens is 416 g/mol. The lowest BCUT2D eigenvalue weighted by Crippen LogP contribution is -2.42. The second-order valence-corrected chi connectivity index (χ2v) is 9.36. The highest BCUT2D eigenvalue weighted by Gasteiger charge is 2.23. The molecule has 4 rings (SSSR count). The molecule has 1 saturated carbocycles. The molecule has 3 N–H and O–H groups in total. The second-order valence-electron chi connectivity index (χ2n) is 8.95. The van der Waals surface area contributed by atoms with Gasteiger partial charge in [-0.3, -0.25) is 0 Å². The normalized spacial score (nSPS) is 18.2. The Morgan fingerprint density at radius 3 is 2.28 bits per heavy atom. The lowest BCUT2D eigenvalue weighted by atomic mass is 9.91. The van der Waals surface area contributed by atoms with Crippen LogP contribution in [0.4, 0.5) is 17.5 Å². The van der Waals surface area contributed by atoms with E-state index in [1.54, 1.807) is 0 Å². The average molecular weight is 449 g/mol. The molecule has 0 spiro atoms. The van der Waals surface area contributed by atoms with E-state index >= 15 is 0 Å². The van der Waals surface area contributed by atoms with Crippen molar-refractivity contribution in [3.05, 3.63) is 53.6 Å². The predicted octanol–water partition coefficient (Wildman–Crippen LogP) is 5.02. The molecule has 168 valence electrons. The summed E-state index contributed by atoms with van der Waals surface area (Å²) in [6.07, 6.45) is 4.22. The Morgan fingerprint density at radius 1 is 0.938 bits per heavy atom. The van der Waals surface area contributed by atoms with Gasteiger partial charge < -0.3 is 20.9 Å². The van der Waals surface area contributed by atoms with E-state index in [0.717, 1.165) is 48.1 Å². The summed E-state index contributed by atoms with van der Waals surface area (Å²) in [6.45, 7) is 4.20. The summed E-state index contributed by atoms with van der Waals surface area (Å²) in [5, 5.41) is 12.2. The highest BCUT2D eigenvalue weighted by molar-refractivity contribution is 7.80. The van der Waals surface area contributed by atoms with Gasteiger partial charge >= 0.3 is 0 Å². The maximum atomic E-state index is 5.56. The van der Waals surface area contributed by atoms with Crippen LogP contribution in [-0.4, -0.2) is 41.3 Å². The van der Waals surface area contributed by atoms with Crippen LogP contribution in [0.5, 0.6) is 0 Å². The lowest BCUT2D eigenvalue weighted by Gasteiger charge is -2.30. The molecule has 1 aliphatic carbocycles. The first-order valence-electron chi connectivity index (χ1n) is 11.2. The van der Waals surface area contributed by atoms with Gasteiger partial charge in [0.2, 0.25) is 5.95 Å². The number of rotatable bonds is 5. The Bertz CT molecular complexity index is 1080. The molecule has 3 aromatic rings. The molecule has 1 heterocycles. The number of hydrogen-bond donors (Lipinski definition) is 3. The predicted molar refractivity (Wildman–Crippen MR) is 139 cm³/mol. The van der Waals surface area contributed by atoms with Crippen LogP contribution in [0.25, 0.3) is 10.9 Å². The number of hydrogen-bond acceptors (Lipinski definition) is 5. The van der Waals surface area contributed by atoms with E-state index in [9.17, 15) is 0 Å². The number of aryl methyl sites for hydroxylation is 2. The second kappa shape index (κ2) is 9.69. The Balaban J connectivity index is 1.32. The van der Waals surface area contributed by atoms with Gasteiger partial charge in [-0.2, -0.15) is 4.98 Å². The van der Waals surface area contributed by atoms with Crippen molar-refractivity contribution in [2.45, 2.75) is 51.6 Å². The van der Waals surface area contributed by atoms with Gasteiger partial charge in [-0.1, -0.05) is 18.2 Å². The van der Waals surface area contributed by atoms with Gasteiger partial charge in [-0.15, -0.1) is 0 Å². The number of nitrogens with one attached hydrogen (secondary N) is 3. The molecule has 7 heteroatoms. The molecule has 32 heavy (non-hydrogen) atoms. The van der Waals surface area contributed by atoms with E-state index in [0.29, 0.717) is 23.1 Å². The molecule has 1 aliphatic rings. The van der Waals surface area contributed by atoms with Crippen molar-refractivity contribution in [3.63, 3.8) is 0 Å². The first-order valence-corrected chi connectivity index (χ1v) is 11.6. The SMILES string of the molecule is Cc1cc(C)cc(NC(=S)N[C@H]2CC[C@@H](Nc3nc(N(C)C)c4ccccc4n3)CC2)c1. The molecule has 1 fully saturated rings. The van der Waals surface area contributed by atoms with Gasteiger partial charge in [0.05, 0.1) is 5.52 Å². The standard InChI is InChI=1S/C25H32N6S/c1-16-13-17(2)15-20(14-16)28-25(32)27-19-11-9-18(10-12-19)26-24-29-22-8-6-5-7-21(22)23(30-24)31(3)4/h5-8,13-15,18-19H,9-12H2,1-4H3,(H,26,29,30)(H2,27,28,32)/t18-,19+. The van der Waals surface area contributed by atoms with Crippen molar-refractivity contribution < 1.29 is 0 Å². The smallest absolute Gasteiger partial charge is 0.225 e. The minimum Gasteiger partial charge on any atom is -0.362 e. The molecule has 0 atom stereocenters. The largest absolute Gasteiger partial charge is 0.362 e. The molecule has 0 bridgehead atoms. The van der Waals surface area contributed by atoms with Crippen molar-refractivity contribution >= 4 is 45.7 Å². The van der Waals surface area contributed by atoms with Gasteiger partial charge in [0.1, 0.15) is 5.82 Å². The van der Waals surface area contributed by atoms with Crippen molar-refractivity contribution in [2.24, 2.45) is 0 Å². The van der Waals surface area contributed by atoms with Crippen molar-refractivity contribution in [2.75, 3.05) is 29.6 Å². The summed E-state index contributed by atoms with van der Waals surface area (Å²) in [6, 6.07) is 15.3. The summed E-state index contributed by atoms with van der Waals surface area (Å²) < 4.78 is 0. The highest BCUT2D eigenvalue weighted by atomic mass is 32.1. The maximum absolute atomic E-state index is 5.56. The van der Waals surface area contributed by atoms with Crippen LogP contribution in [-0.2, 0) is 0 Å². The molecule has 0 saturated heterocycles. The van der Waals surface area contributed by atoms with Gasteiger partial charge in [0.15, 0.2) is 5.11 Å². The first kappa shape index (κ1) is 22.3. The number of thiocarbonyl (C=S) groups is 1. The minimum absolute atomic E-state index is 0.366. The van der Waals surface area contributed by atoms with E-state index < -0.39 is 0 Å². The van der Waals surface area contributed by atoms with Crippen molar-refractivity contribution in [3.8, 4) is 0 Å². The van der Waals surface area contributed by atoms with Crippen LogP contribution in [0.2, 0.25) is 0 Å². The van der Waals surface area contributed by atoms with Gasteiger partial charge in [-0.25, -0.2) is 4.98 Å². The van der Waals surface area contributed by atoms with E-state index in [1.807, 2.05) is 37.2 Å². The van der Waals surface area contributed by atoms with Crippen LogP contribution in [0, 0.1) is 13.8 Å². The summed E-state index contributed by atoms with van der Waals surface area (Å²) in [5.41, 5.74) is 4.47. The summed E-state index contributed by atoms with van der Waals surface area (Å²) >= 11 is 5.56. The minimum atomic E-state index is 0.366. The van der Waals surface area contributed by atoms with E-state index in [1.165, 1.54) is 11.1 Å². The summed E-state index contributed by atoms with van der Waals surface area (Å²) in [5.74, 6) is 1.65. The average Bonchev–Trinajstić information content (AvgIpc) is 2.73. The molecular formula is C25H32N6S. The molecule has 0 aliphatic heterocycles. The monoisotopic (exact) mass is 448 g/mol. The third kappa shape index (κ3) is 5.46. The number of aromatic nitrogens is 2. The zero-order valence-corrected chi connectivity index (χ0v) is 20.1. The number of para-hydroxylation sites is 1. The fourth-order valence-electron chi connectivity index (χ4n) is 4.43. The molecule has 2 aromatic carbocycles. The van der Waals surface area contributed by atoms with Crippen molar-refractivity contribution in [1.82, 2.24) is 15.3 Å². The maximum Gasteiger partial charge on any atom is 0.225 e. The first-order chi connectivity index (χ1) is 15.4. The van der Waals surface area contributed by atoms with Crippen molar-refractivity contribution in [1.29, 1.82) is 0 Å². The van der Waals surface area contributed by atoms with Gasteiger partial charge in [0, 0.05) is 37.3 Å². The zero-order valence-electron chi connectivity index (χ0n) is 19.3. The Morgan fingerprint density at radius 2 is 1.59 bits per heavy atom. The van der Waals surface area contributed by atoms with Crippen LogP contribution in [0.3, 0.4) is 0 Å². The molecule has 0 radical (unpaired) electrons. The topological polar surface area (TPSA) is 65.1 Å². The van der Waals surface area contributed by atoms with Crippen LogP contribution < -0.4 is 20.9 Å². The summed E-state index contributed by atoms with van der Waals surface area (Å²) in [4.78, 5) is 11.6. The number of benzene rings is 2. The fourth-order valence-corrected chi connectivity index (χ4v) is 4.71. The van der Waals surface area contributed by atoms with Gasteiger partial charge in [0.25, 0.3) is 0 Å². The molecule has 0 unspecified atom stereocenters. The molecule has 1 aromatic heterocycles. The van der Waals surface area contributed by atoms with E-state index in [-0.39, 0.29) is 0 Å². The third-order valence-corrected chi connectivity index (χ3v) is 6.10. The van der Waals surface area contributed by atoms with Gasteiger partial charge in [-0.05, 0) is 87.1 Å². The fraction of sp³-hybridized carbons (Fsp3) is 0.400. The number of nitrogens with zero attached hydrogens (tertiary/aromatic N) is 3. The number of fused-ring (bicyclic) bond motifs is 1. The third-order valence-electron chi connectivity index (χ3n) is 5.88. The van der Waals surface area contributed by atoms with Crippen LogP contribution in [0.15, 0.2) is 42.5 Å². The quantitative estimate of drug-likeness (QED) is 0.474. The highest BCUT2D eigenvalue weighted by Crippen LogP contribution is 2.26.